The Morgan fingerprint density at radius 1 is 1.06 bits per heavy atom. The first-order chi connectivity index (χ1) is 17.2. The monoisotopic (exact) mass is 487 g/mol. The van der Waals surface area contributed by atoms with Crippen molar-refractivity contribution in [2.24, 2.45) is 0 Å². The number of aromatic nitrogens is 8. The molecule has 2 N–H and O–H groups in total. The highest BCUT2D eigenvalue weighted by Crippen LogP contribution is 2.30. The number of imidazole rings is 1. The average molecular weight is 488 g/mol. The van der Waals surface area contributed by atoms with E-state index < -0.39 is 0 Å². The molecule has 1 aromatic carbocycles. The number of anilines is 1. The highest BCUT2D eigenvalue weighted by molar-refractivity contribution is 7.99. The summed E-state index contributed by atoms with van der Waals surface area (Å²) in [4.78, 5) is 30.9. The van der Waals surface area contributed by atoms with Crippen LogP contribution in [0.3, 0.4) is 0 Å². The Hall–Kier alpha value is -3.73. The van der Waals surface area contributed by atoms with Crippen LogP contribution in [0.2, 0.25) is 0 Å². The predicted octanol–water partition coefficient (Wildman–Crippen LogP) is 3.16. The second-order valence-electron chi connectivity index (χ2n) is 8.63. The molecule has 35 heavy (non-hydrogen) atoms. The lowest BCUT2D eigenvalue weighted by Crippen LogP contribution is -2.19. The van der Waals surface area contributed by atoms with Crippen molar-refractivity contribution in [3.8, 4) is 17.1 Å². The lowest BCUT2D eigenvalue weighted by atomic mass is 10.1. The normalized spacial score (nSPS) is 13.8. The Balaban J connectivity index is 1.28. The quantitative estimate of drug-likeness (QED) is 0.220. The van der Waals surface area contributed by atoms with Gasteiger partial charge in [0.2, 0.25) is 0 Å². The second kappa shape index (κ2) is 9.14. The van der Waals surface area contributed by atoms with Crippen LogP contribution in [-0.4, -0.2) is 44.6 Å². The van der Waals surface area contributed by atoms with Gasteiger partial charge in [-0.3, -0.25) is 4.79 Å². The molecule has 6 rings (SSSR count). The number of hydrogen-bond acceptors (Lipinski definition) is 8. The van der Waals surface area contributed by atoms with Crippen molar-refractivity contribution < 1.29 is 0 Å². The van der Waals surface area contributed by atoms with Crippen LogP contribution in [0.25, 0.3) is 28.2 Å². The first-order valence-electron chi connectivity index (χ1n) is 11.8. The van der Waals surface area contributed by atoms with E-state index in [1.165, 1.54) is 11.0 Å². The highest BCUT2D eigenvalue weighted by atomic mass is 32.2. The van der Waals surface area contributed by atoms with Crippen molar-refractivity contribution in [3.05, 3.63) is 59.0 Å². The molecule has 3 aliphatic rings. The van der Waals surface area contributed by atoms with Crippen LogP contribution < -0.4 is 11.3 Å². The van der Waals surface area contributed by atoms with Crippen LogP contribution in [0.15, 0.2) is 52.9 Å². The van der Waals surface area contributed by atoms with Crippen molar-refractivity contribution in [1.82, 2.24) is 38.9 Å². The summed E-state index contributed by atoms with van der Waals surface area (Å²) in [5, 5.41) is 5.55. The maximum Gasteiger partial charge on any atom is 0.284 e. The predicted molar refractivity (Wildman–Crippen MR) is 135 cm³/mol. The molecule has 178 valence electrons. The van der Waals surface area contributed by atoms with E-state index in [2.05, 4.69) is 24.6 Å². The van der Waals surface area contributed by atoms with E-state index in [4.69, 9.17) is 10.7 Å². The van der Waals surface area contributed by atoms with Crippen LogP contribution >= 0.6 is 11.8 Å². The molecule has 0 fully saturated rings. The Labute approximate surface area is 205 Å². The summed E-state index contributed by atoms with van der Waals surface area (Å²) in [6.07, 6.45) is 8.29. The minimum atomic E-state index is -0.0888. The minimum Gasteiger partial charge on any atom is -0.382 e. The molecule has 11 heteroatoms. The van der Waals surface area contributed by atoms with Crippen molar-refractivity contribution in [2.45, 2.75) is 50.4 Å². The van der Waals surface area contributed by atoms with E-state index in [9.17, 15) is 4.79 Å². The Morgan fingerprint density at radius 2 is 1.94 bits per heavy atom. The van der Waals surface area contributed by atoms with Crippen LogP contribution in [0, 0.1) is 0 Å². The third kappa shape index (κ3) is 3.95. The molecule has 0 unspecified atom stereocenters. The zero-order valence-electron chi connectivity index (χ0n) is 19.2. The molecule has 5 heterocycles. The summed E-state index contributed by atoms with van der Waals surface area (Å²) in [6.45, 7) is 1.64. The first kappa shape index (κ1) is 21.8. The van der Waals surface area contributed by atoms with Gasteiger partial charge in [0.15, 0.2) is 22.4 Å². The molecule has 0 saturated heterocycles. The molecule has 0 saturated carbocycles. The van der Waals surface area contributed by atoms with Gasteiger partial charge in [-0.1, -0.05) is 36.4 Å². The van der Waals surface area contributed by atoms with Crippen LogP contribution in [0.5, 0.6) is 0 Å². The van der Waals surface area contributed by atoms with Gasteiger partial charge in [0, 0.05) is 24.5 Å². The molecular weight excluding hydrogens is 462 g/mol. The zero-order valence-corrected chi connectivity index (χ0v) is 20.0. The Kier molecular flexibility index (Phi) is 5.69. The smallest absolute Gasteiger partial charge is 0.284 e. The summed E-state index contributed by atoms with van der Waals surface area (Å²) in [7, 11) is 0. The van der Waals surface area contributed by atoms with Crippen LogP contribution in [0.1, 0.15) is 31.4 Å². The number of rotatable bonds is 6. The molecule has 0 bridgehead atoms. The van der Waals surface area contributed by atoms with Crippen molar-refractivity contribution >= 4 is 28.7 Å². The number of nitrogens with zero attached hydrogens (tertiary/aromatic N) is 8. The Morgan fingerprint density at radius 3 is 2.83 bits per heavy atom. The van der Waals surface area contributed by atoms with Gasteiger partial charge >= 0.3 is 0 Å². The zero-order chi connectivity index (χ0) is 23.8. The van der Waals surface area contributed by atoms with Crippen molar-refractivity contribution in [2.75, 3.05) is 11.5 Å². The lowest BCUT2D eigenvalue weighted by Gasteiger charge is -2.17. The molecule has 3 aliphatic heterocycles. The number of hydrogen-bond donors (Lipinski definition) is 1. The summed E-state index contributed by atoms with van der Waals surface area (Å²) in [5.41, 5.74) is 9.67. The third-order valence-electron chi connectivity index (χ3n) is 6.37. The fourth-order valence-electron chi connectivity index (χ4n) is 4.67. The number of fused-ring (bicyclic) bond motifs is 4. The first-order valence-corrected chi connectivity index (χ1v) is 12.8. The lowest BCUT2D eigenvalue weighted by molar-refractivity contribution is 0.570. The van der Waals surface area contributed by atoms with E-state index in [-0.39, 0.29) is 5.56 Å². The van der Waals surface area contributed by atoms with E-state index in [1.807, 2.05) is 34.9 Å². The van der Waals surface area contributed by atoms with E-state index in [0.717, 1.165) is 73.1 Å². The van der Waals surface area contributed by atoms with Gasteiger partial charge in [-0.2, -0.15) is 4.68 Å². The molecule has 10 nitrogen and oxygen atoms in total. The van der Waals surface area contributed by atoms with Gasteiger partial charge in [-0.05, 0) is 37.8 Å². The number of nitrogens with two attached hydrogens (primary N) is 1. The molecule has 2 aromatic heterocycles. The number of nitrogen functional groups attached to an aromatic ring is 1. The number of para-hydroxylation sites is 1. The fraction of sp³-hybridized carbons (Fsp3) is 0.333. The number of benzene rings is 1. The minimum absolute atomic E-state index is 0.0888. The van der Waals surface area contributed by atoms with E-state index >= 15 is 0 Å². The Bertz CT molecular complexity index is 1520. The largest absolute Gasteiger partial charge is 0.382 e. The van der Waals surface area contributed by atoms with Gasteiger partial charge < -0.3 is 14.9 Å². The number of aryl methyl sites for hydroxylation is 1. The van der Waals surface area contributed by atoms with Gasteiger partial charge in [0.1, 0.15) is 17.4 Å². The molecule has 0 radical (unpaired) electrons. The van der Waals surface area contributed by atoms with Crippen LogP contribution in [-0.2, 0) is 19.5 Å². The van der Waals surface area contributed by atoms with Gasteiger partial charge in [0.05, 0.1) is 12.0 Å². The van der Waals surface area contributed by atoms with Crippen molar-refractivity contribution in [1.29, 1.82) is 0 Å². The second-order valence-corrected chi connectivity index (χ2v) is 9.69. The molecule has 0 atom stereocenters. The standard InChI is InChI=1S/C24H25N9OS/c25-20-19-22(27-14-26-20)31(15-28-19)11-7-13-35-24-29-21-18(17-10-5-2-6-12-32(17)24)23(34)33(30-21)16-8-3-1-4-9-16/h1,3-4,8-9,14-15H,2,5-7,10-13H2,(H2,25,26,27). The van der Waals surface area contributed by atoms with Gasteiger partial charge in [-0.15, -0.1) is 5.10 Å². The van der Waals surface area contributed by atoms with Gasteiger partial charge in [0.25, 0.3) is 5.56 Å². The van der Waals surface area contributed by atoms with Crippen LogP contribution in [0.4, 0.5) is 5.82 Å². The molecular formula is C24H25N9OS. The maximum absolute atomic E-state index is 13.4. The third-order valence-corrected chi connectivity index (χ3v) is 7.43. The van der Waals surface area contributed by atoms with E-state index in [1.54, 1.807) is 18.1 Å². The molecule has 0 amide bonds. The highest BCUT2D eigenvalue weighted by Gasteiger charge is 2.27. The molecule has 3 aromatic rings. The number of thioether (sulfide) groups is 1. The van der Waals surface area contributed by atoms with E-state index in [0.29, 0.717) is 22.7 Å². The maximum atomic E-state index is 13.4. The average Bonchev–Trinajstić information content (AvgIpc) is 3.34. The summed E-state index contributed by atoms with van der Waals surface area (Å²) in [6, 6.07) is 9.55. The molecule has 0 aliphatic carbocycles. The van der Waals surface area contributed by atoms with Gasteiger partial charge in [-0.25, -0.2) is 19.9 Å². The van der Waals surface area contributed by atoms with Crippen molar-refractivity contribution in [3.63, 3.8) is 0 Å². The fourth-order valence-corrected chi connectivity index (χ4v) is 5.63. The molecule has 0 spiro atoms. The summed E-state index contributed by atoms with van der Waals surface area (Å²) < 4.78 is 5.73. The SMILES string of the molecule is Nc1ncnc2c1ncn2CCCSc1nc2nn(-c3ccccc3)c(=O)c-2c2n1CCCCC2. The topological polar surface area (TPSA) is 122 Å². The summed E-state index contributed by atoms with van der Waals surface area (Å²) in [5.74, 6) is 1.79. The summed E-state index contributed by atoms with van der Waals surface area (Å²) >= 11 is 1.71.